The van der Waals surface area contributed by atoms with Crippen LogP contribution >= 0.6 is 0 Å². The fourth-order valence-corrected chi connectivity index (χ4v) is 5.83. The van der Waals surface area contributed by atoms with E-state index in [2.05, 4.69) is 28.9 Å². The van der Waals surface area contributed by atoms with Crippen LogP contribution in [-0.4, -0.2) is 40.8 Å². The molecule has 5 rings (SSSR count). The Balaban J connectivity index is 1.40. The minimum Gasteiger partial charge on any atom is -0.494 e. The van der Waals surface area contributed by atoms with Gasteiger partial charge in [0.2, 0.25) is 0 Å². The maximum Gasteiger partial charge on any atom is 0.124 e. The van der Waals surface area contributed by atoms with Crippen molar-refractivity contribution in [2.24, 2.45) is 11.8 Å². The lowest BCUT2D eigenvalue weighted by molar-refractivity contribution is -0.151. The van der Waals surface area contributed by atoms with Crippen molar-refractivity contribution in [3.05, 3.63) is 53.3 Å². The van der Waals surface area contributed by atoms with E-state index in [0.29, 0.717) is 6.61 Å². The molecule has 2 aromatic rings. The molecule has 3 heterocycles. The Morgan fingerprint density at radius 1 is 1.23 bits per heavy atom. The molecule has 5 nitrogen and oxygen atoms in total. The van der Waals surface area contributed by atoms with Crippen molar-refractivity contribution >= 4 is 0 Å². The van der Waals surface area contributed by atoms with Crippen molar-refractivity contribution in [2.75, 3.05) is 19.7 Å². The van der Waals surface area contributed by atoms with Crippen LogP contribution in [0.3, 0.4) is 0 Å². The minimum absolute atomic E-state index is 0.209. The number of benzene rings is 1. The number of likely N-dealkylation sites (tertiary alicyclic amines) is 1. The van der Waals surface area contributed by atoms with E-state index in [9.17, 15) is 5.11 Å². The molecule has 2 bridgehead atoms. The van der Waals surface area contributed by atoms with E-state index < -0.39 is 5.60 Å². The predicted molar refractivity (Wildman–Crippen MR) is 116 cm³/mol. The van der Waals surface area contributed by atoms with Crippen LogP contribution in [0.15, 0.2) is 36.5 Å². The zero-order chi connectivity index (χ0) is 20.7. The standard InChI is InChI=1S/C25H32N2O3/c1-3-29-22-12-18-11-17(2)30-23(18)13-19(22)14-27-15-20-7-6-8-21(16-27)25(20,28)24-9-4-5-10-26-24/h4-5,9-10,12-13,17,20-21,28H,3,6-8,11,14-16H2,1-2H3/t17-,20+,21+/m1/s1. The molecule has 1 saturated carbocycles. The van der Waals surface area contributed by atoms with E-state index in [1.807, 2.05) is 25.1 Å². The van der Waals surface area contributed by atoms with E-state index >= 15 is 0 Å². The summed E-state index contributed by atoms with van der Waals surface area (Å²) in [6.45, 7) is 7.39. The quantitative estimate of drug-likeness (QED) is 0.813. The van der Waals surface area contributed by atoms with Crippen LogP contribution in [0.4, 0.5) is 0 Å². The number of rotatable bonds is 5. The van der Waals surface area contributed by atoms with Gasteiger partial charge in [0.1, 0.15) is 23.2 Å². The van der Waals surface area contributed by atoms with Gasteiger partial charge in [-0.1, -0.05) is 12.5 Å². The van der Waals surface area contributed by atoms with Crippen LogP contribution in [-0.2, 0) is 18.6 Å². The number of pyridine rings is 1. The summed E-state index contributed by atoms with van der Waals surface area (Å²) in [6.07, 6.45) is 6.25. The number of piperidine rings is 1. The first-order valence-electron chi connectivity index (χ1n) is 11.4. The molecule has 30 heavy (non-hydrogen) atoms. The number of aromatic nitrogens is 1. The highest BCUT2D eigenvalue weighted by Gasteiger charge is 2.52. The Morgan fingerprint density at radius 2 is 2.03 bits per heavy atom. The molecule has 5 heteroatoms. The van der Waals surface area contributed by atoms with Crippen molar-refractivity contribution in [1.82, 2.24) is 9.88 Å². The van der Waals surface area contributed by atoms with E-state index in [-0.39, 0.29) is 17.9 Å². The highest BCUT2D eigenvalue weighted by Crippen LogP contribution is 2.49. The molecule has 0 spiro atoms. The molecule has 3 atom stereocenters. The molecule has 2 aliphatic heterocycles. The van der Waals surface area contributed by atoms with Crippen LogP contribution in [0.2, 0.25) is 0 Å². The minimum atomic E-state index is -0.810. The molecule has 1 aromatic carbocycles. The molecule has 3 aliphatic rings. The second kappa shape index (κ2) is 7.86. The van der Waals surface area contributed by atoms with Gasteiger partial charge >= 0.3 is 0 Å². The maximum atomic E-state index is 11.8. The van der Waals surface area contributed by atoms with Crippen molar-refractivity contribution in [2.45, 2.75) is 57.8 Å². The van der Waals surface area contributed by atoms with Crippen molar-refractivity contribution in [1.29, 1.82) is 0 Å². The topological polar surface area (TPSA) is 54.8 Å². The SMILES string of the molecule is CCOc1cc2c(cc1CN1C[C@@H]3CCC[C@@H](C1)C3(O)c1ccccn1)O[C@H](C)C2. The molecule has 2 fully saturated rings. The third-order valence-electron chi connectivity index (χ3n) is 7.16. The third-order valence-corrected chi connectivity index (χ3v) is 7.16. The first kappa shape index (κ1) is 19.8. The number of ether oxygens (including phenoxy) is 2. The molecule has 160 valence electrons. The van der Waals surface area contributed by atoms with Crippen LogP contribution in [0.1, 0.15) is 49.9 Å². The number of hydrogen-bond donors (Lipinski definition) is 1. The summed E-state index contributed by atoms with van der Waals surface area (Å²) >= 11 is 0. The van der Waals surface area contributed by atoms with E-state index in [4.69, 9.17) is 9.47 Å². The van der Waals surface area contributed by atoms with Crippen molar-refractivity contribution in [3.8, 4) is 11.5 Å². The van der Waals surface area contributed by atoms with Gasteiger partial charge in [0.25, 0.3) is 0 Å². The van der Waals surface area contributed by atoms with E-state index in [1.165, 1.54) is 17.5 Å². The summed E-state index contributed by atoms with van der Waals surface area (Å²) < 4.78 is 12.0. The van der Waals surface area contributed by atoms with Crippen molar-refractivity contribution < 1.29 is 14.6 Å². The van der Waals surface area contributed by atoms with Gasteiger partial charge < -0.3 is 14.6 Å². The zero-order valence-electron chi connectivity index (χ0n) is 18.0. The summed E-state index contributed by atoms with van der Waals surface area (Å²) in [5, 5.41) is 11.8. The lowest BCUT2D eigenvalue weighted by Crippen LogP contribution is -2.58. The van der Waals surface area contributed by atoms with Gasteiger partial charge in [-0.25, -0.2) is 0 Å². The van der Waals surface area contributed by atoms with E-state index in [1.54, 1.807) is 6.20 Å². The van der Waals surface area contributed by atoms with Gasteiger partial charge in [0.05, 0.1) is 12.3 Å². The molecule has 0 radical (unpaired) electrons. The van der Waals surface area contributed by atoms with Gasteiger partial charge in [-0.3, -0.25) is 9.88 Å². The molecule has 1 aliphatic carbocycles. The lowest BCUT2D eigenvalue weighted by atomic mass is 9.64. The second-order valence-corrected chi connectivity index (χ2v) is 9.19. The van der Waals surface area contributed by atoms with Gasteiger partial charge in [-0.15, -0.1) is 0 Å². The summed E-state index contributed by atoms with van der Waals surface area (Å²) in [4.78, 5) is 7.04. The Labute approximate surface area is 179 Å². The normalized spacial score (nSPS) is 30.6. The molecular formula is C25H32N2O3. The van der Waals surface area contributed by atoms with Crippen LogP contribution in [0.25, 0.3) is 0 Å². The second-order valence-electron chi connectivity index (χ2n) is 9.19. The molecule has 1 saturated heterocycles. The molecule has 0 unspecified atom stereocenters. The van der Waals surface area contributed by atoms with Gasteiger partial charge in [0.15, 0.2) is 0 Å². The fourth-order valence-electron chi connectivity index (χ4n) is 5.83. The smallest absolute Gasteiger partial charge is 0.124 e. The third kappa shape index (κ3) is 3.38. The Morgan fingerprint density at radius 3 is 2.73 bits per heavy atom. The van der Waals surface area contributed by atoms with Crippen LogP contribution in [0.5, 0.6) is 11.5 Å². The number of hydrogen-bond acceptors (Lipinski definition) is 5. The van der Waals surface area contributed by atoms with Crippen molar-refractivity contribution in [3.63, 3.8) is 0 Å². The predicted octanol–water partition coefficient (Wildman–Crippen LogP) is 3.92. The Bertz CT molecular complexity index is 887. The first-order valence-corrected chi connectivity index (χ1v) is 11.4. The molecule has 1 aromatic heterocycles. The maximum absolute atomic E-state index is 11.8. The molecular weight excluding hydrogens is 376 g/mol. The molecule has 0 amide bonds. The van der Waals surface area contributed by atoms with Crippen LogP contribution < -0.4 is 9.47 Å². The Hall–Kier alpha value is -2.11. The summed E-state index contributed by atoms with van der Waals surface area (Å²) in [7, 11) is 0. The lowest BCUT2D eigenvalue weighted by Gasteiger charge is -2.52. The largest absolute Gasteiger partial charge is 0.494 e. The van der Waals surface area contributed by atoms with Gasteiger partial charge in [0, 0.05) is 55.2 Å². The Kier molecular flexibility index (Phi) is 5.19. The van der Waals surface area contributed by atoms with E-state index in [0.717, 1.165) is 56.1 Å². The number of fused-ring (bicyclic) bond motifs is 3. The van der Waals surface area contributed by atoms with Gasteiger partial charge in [-0.05, 0) is 51.0 Å². The number of nitrogens with zero attached hydrogens (tertiary/aromatic N) is 2. The fraction of sp³-hybridized carbons (Fsp3) is 0.560. The number of aliphatic hydroxyl groups is 1. The highest BCUT2D eigenvalue weighted by atomic mass is 16.5. The summed E-state index contributed by atoms with van der Waals surface area (Å²) in [6, 6.07) is 10.3. The highest BCUT2D eigenvalue weighted by molar-refractivity contribution is 5.48. The summed E-state index contributed by atoms with van der Waals surface area (Å²) in [5.74, 6) is 2.40. The zero-order valence-corrected chi connectivity index (χ0v) is 18.0. The van der Waals surface area contributed by atoms with Gasteiger partial charge in [-0.2, -0.15) is 0 Å². The first-order chi connectivity index (χ1) is 14.6. The summed E-state index contributed by atoms with van der Waals surface area (Å²) in [5.41, 5.74) is 2.46. The average Bonchev–Trinajstić information content (AvgIpc) is 3.08. The monoisotopic (exact) mass is 408 g/mol. The molecule has 1 N–H and O–H groups in total. The average molecular weight is 409 g/mol. The van der Waals surface area contributed by atoms with Crippen LogP contribution in [0, 0.1) is 11.8 Å².